The van der Waals surface area contributed by atoms with E-state index in [1.54, 1.807) is 0 Å². The molecule has 0 spiro atoms. The van der Waals surface area contributed by atoms with Gasteiger partial charge in [0, 0.05) is 18.3 Å². The molecule has 1 rings (SSSR count). The molecule has 17 heavy (non-hydrogen) atoms. The quantitative estimate of drug-likeness (QED) is 0.870. The minimum atomic E-state index is -4.95. The average Bonchev–Trinajstić information content (AvgIpc) is 2.18. The van der Waals surface area contributed by atoms with Crippen LogP contribution in [-0.4, -0.2) is 11.3 Å². The van der Waals surface area contributed by atoms with Crippen LogP contribution in [-0.2, 0) is 6.54 Å². The van der Waals surface area contributed by atoms with Crippen LogP contribution in [0.5, 0.6) is 5.88 Å². The molecular weight excluding hydrogens is 315 g/mol. The van der Waals surface area contributed by atoms with Gasteiger partial charge in [-0.2, -0.15) is 0 Å². The van der Waals surface area contributed by atoms with Gasteiger partial charge in [0.05, 0.1) is 4.47 Å². The Labute approximate surface area is 101 Å². The molecule has 1 aromatic heterocycles. The Morgan fingerprint density at radius 3 is 2.41 bits per heavy atom. The van der Waals surface area contributed by atoms with Crippen molar-refractivity contribution in [3.8, 4) is 5.88 Å². The van der Waals surface area contributed by atoms with Gasteiger partial charge < -0.3 is 10.5 Å². The van der Waals surface area contributed by atoms with Crippen molar-refractivity contribution in [2.24, 2.45) is 5.73 Å². The lowest BCUT2D eigenvalue weighted by atomic mass is 10.1. The zero-order valence-electron chi connectivity index (χ0n) is 8.06. The second-order valence-corrected chi connectivity index (χ2v) is 3.66. The van der Waals surface area contributed by atoms with E-state index in [4.69, 9.17) is 5.73 Å². The van der Waals surface area contributed by atoms with Gasteiger partial charge in [0.25, 0.3) is 6.43 Å². The second-order valence-electron chi connectivity index (χ2n) is 2.86. The summed E-state index contributed by atoms with van der Waals surface area (Å²) in [5.74, 6) is -0.845. The van der Waals surface area contributed by atoms with Gasteiger partial charge in [0.1, 0.15) is 0 Å². The van der Waals surface area contributed by atoms with Crippen molar-refractivity contribution in [3.63, 3.8) is 0 Å². The van der Waals surface area contributed by atoms with Crippen LogP contribution in [0.3, 0.4) is 0 Å². The van der Waals surface area contributed by atoms with Gasteiger partial charge in [-0.05, 0) is 21.5 Å². The highest BCUT2D eigenvalue weighted by Crippen LogP contribution is 2.35. The highest BCUT2D eigenvalue weighted by Gasteiger charge is 2.33. The van der Waals surface area contributed by atoms with Crippen molar-refractivity contribution >= 4 is 15.9 Å². The fourth-order valence-electron chi connectivity index (χ4n) is 1.09. The number of rotatable bonds is 3. The number of nitrogens with two attached hydrogens (primary N) is 1. The predicted octanol–water partition coefficient (Wildman–Crippen LogP) is 3.14. The molecule has 0 aliphatic rings. The van der Waals surface area contributed by atoms with Gasteiger partial charge in [-0.3, -0.25) is 0 Å². The Morgan fingerprint density at radius 2 is 2.00 bits per heavy atom. The van der Waals surface area contributed by atoms with Crippen molar-refractivity contribution in [2.45, 2.75) is 19.3 Å². The fraction of sp³-hybridized carbons (Fsp3) is 0.375. The van der Waals surface area contributed by atoms with E-state index >= 15 is 0 Å². The predicted molar refractivity (Wildman–Crippen MR) is 51.5 cm³/mol. The standard InChI is InChI=1S/C8H6BrF5N2O/c9-5-3(1-15)4(6(10)11)2-16-7(5)17-8(12,13)14/h2,6H,1,15H2. The van der Waals surface area contributed by atoms with Crippen molar-refractivity contribution in [1.82, 2.24) is 4.98 Å². The molecule has 0 aliphatic heterocycles. The first-order valence-electron chi connectivity index (χ1n) is 4.17. The monoisotopic (exact) mass is 320 g/mol. The maximum atomic E-state index is 12.5. The molecule has 0 radical (unpaired) electrons. The molecule has 3 nitrogen and oxygen atoms in total. The summed E-state index contributed by atoms with van der Waals surface area (Å²) in [6.45, 7) is -0.364. The van der Waals surface area contributed by atoms with Crippen LogP contribution < -0.4 is 10.5 Å². The normalized spacial score (nSPS) is 12.0. The molecule has 1 aromatic rings. The van der Waals surface area contributed by atoms with Crippen molar-refractivity contribution < 1.29 is 26.7 Å². The van der Waals surface area contributed by atoms with Crippen LogP contribution in [0.15, 0.2) is 10.7 Å². The molecule has 0 unspecified atom stereocenters. The van der Waals surface area contributed by atoms with Crippen molar-refractivity contribution in [2.75, 3.05) is 0 Å². The van der Waals surface area contributed by atoms with Crippen LogP contribution in [0.1, 0.15) is 17.6 Å². The first kappa shape index (κ1) is 14.1. The Kier molecular flexibility index (Phi) is 4.26. The third kappa shape index (κ3) is 3.50. The molecule has 9 heteroatoms. The Balaban J connectivity index is 3.20. The summed E-state index contributed by atoms with van der Waals surface area (Å²) in [7, 11) is 0. The van der Waals surface area contributed by atoms with E-state index in [9.17, 15) is 22.0 Å². The SMILES string of the molecule is NCc1c(C(F)F)cnc(OC(F)(F)F)c1Br. The number of ether oxygens (including phenoxy) is 1. The molecule has 0 aliphatic carbocycles. The Bertz CT molecular complexity index is 410. The van der Waals surface area contributed by atoms with Gasteiger partial charge in [-0.1, -0.05) is 0 Å². The second kappa shape index (κ2) is 5.13. The molecule has 0 fully saturated rings. The molecule has 2 N–H and O–H groups in total. The number of pyridine rings is 1. The summed E-state index contributed by atoms with van der Waals surface area (Å²) in [6.07, 6.45) is -7.22. The van der Waals surface area contributed by atoms with Crippen LogP contribution >= 0.6 is 15.9 Å². The Morgan fingerprint density at radius 1 is 1.41 bits per heavy atom. The van der Waals surface area contributed by atoms with E-state index in [0.29, 0.717) is 6.20 Å². The molecule has 0 bridgehead atoms. The largest absolute Gasteiger partial charge is 0.574 e. The molecule has 0 saturated heterocycles. The number of hydrogen-bond acceptors (Lipinski definition) is 3. The van der Waals surface area contributed by atoms with Gasteiger partial charge >= 0.3 is 6.36 Å². The van der Waals surface area contributed by atoms with E-state index in [0.717, 1.165) is 0 Å². The maximum Gasteiger partial charge on any atom is 0.574 e. The lowest BCUT2D eigenvalue weighted by molar-refractivity contribution is -0.276. The maximum absolute atomic E-state index is 12.5. The summed E-state index contributed by atoms with van der Waals surface area (Å²) in [6, 6.07) is 0. The average molecular weight is 321 g/mol. The number of hydrogen-bond donors (Lipinski definition) is 1. The summed E-state index contributed by atoms with van der Waals surface area (Å²) < 4.78 is 64.1. The highest BCUT2D eigenvalue weighted by molar-refractivity contribution is 9.10. The number of alkyl halides is 5. The van der Waals surface area contributed by atoms with Crippen molar-refractivity contribution in [3.05, 3.63) is 21.8 Å². The minimum Gasteiger partial charge on any atom is -0.387 e. The van der Waals surface area contributed by atoms with E-state index in [1.165, 1.54) is 0 Å². The topological polar surface area (TPSA) is 48.1 Å². The fourth-order valence-corrected chi connectivity index (χ4v) is 1.67. The molecule has 96 valence electrons. The van der Waals surface area contributed by atoms with Crippen LogP contribution in [0.25, 0.3) is 0 Å². The molecule has 0 aromatic carbocycles. The summed E-state index contributed by atoms with van der Waals surface area (Å²) in [4.78, 5) is 3.17. The highest BCUT2D eigenvalue weighted by atomic mass is 79.9. The third-order valence-corrected chi connectivity index (χ3v) is 2.59. The third-order valence-electron chi connectivity index (χ3n) is 1.77. The summed E-state index contributed by atoms with van der Waals surface area (Å²) in [5.41, 5.74) is 4.49. The summed E-state index contributed by atoms with van der Waals surface area (Å²) >= 11 is 2.71. The zero-order chi connectivity index (χ0) is 13.2. The molecule has 0 atom stereocenters. The van der Waals surface area contributed by atoms with Crippen molar-refractivity contribution in [1.29, 1.82) is 0 Å². The first-order chi connectivity index (χ1) is 7.76. The lowest BCUT2D eigenvalue weighted by Gasteiger charge is -2.14. The Hall–Kier alpha value is -0.960. The van der Waals surface area contributed by atoms with Crippen LogP contribution in [0.4, 0.5) is 22.0 Å². The number of nitrogens with zero attached hydrogens (tertiary/aromatic N) is 1. The van der Waals surface area contributed by atoms with Gasteiger partial charge in [0.2, 0.25) is 5.88 Å². The summed E-state index contributed by atoms with van der Waals surface area (Å²) in [5, 5.41) is 0. The van der Waals surface area contributed by atoms with Crippen LogP contribution in [0, 0.1) is 0 Å². The number of halogens is 6. The molecule has 0 amide bonds. The smallest absolute Gasteiger partial charge is 0.387 e. The van der Waals surface area contributed by atoms with E-state index in [-0.39, 0.29) is 16.6 Å². The molecule has 0 saturated carbocycles. The van der Waals surface area contributed by atoms with Gasteiger partial charge in [-0.15, -0.1) is 13.2 Å². The molecular formula is C8H6BrF5N2O. The van der Waals surface area contributed by atoms with E-state index in [1.807, 2.05) is 0 Å². The van der Waals surface area contributed by atoms with Gasteiger partial charge in [0.15, 0.2) is 0 Å². The van der Waals surface area contributed by atoms with Gasteiger partial charge in [-0.25, -0.2) is 13.8 Å². The number of aromatic nitrogens is 1. The minimum absolute atomic E-state index is 0.172. The molecule has 1 heterocycles. The van der Waals surface area contributed by atoms with E-state index < -0.39 is 24.2 Å². The van der Waals surface area contributed by atoms with E-state index in [2.05, 4.69) is 25.7 Å². The zero-order valence-corrected chi connectivity index (χ0v) is 9.65. The lowest BCUT2D eigenvalue weighted by Crippen LogP contribution is -2.19. The first-order valence-corrected chi connectivity index (χ1v) is 4.96. The van der Waals surface area contributed by atoms with Crippen LogP contribution in [0.2, 0.25) is 0 Å².